The first-order valence-corrected chi connectivity index (χ1v) is 9.93. The van der Waals surface area contributed by atoms with Crippen LogP contribution in [0.25, 0.3) is 0 Å². The molecule has 174 valence electrons. The first kappa shape index (κ1) is 24.1. The molecule has 3 rings (SSSR count). The van der Waals surface area contributed by atoms with Crippen LogP contribution in [0.5, 0.6) is 17.2 Å². The van der Waals surface area contributed by atoms with Crippen LogP contribution in [0, 0.1) is 30.3 Å². The van der Waals surface area contributed by atoms with E-state index in [0.29, 0.717) is 11.3 Å². The summed E-state index contributed by atoms with van der Waals surface area (Å²) >= 11 is 6.35. The summed E-state index contributed by atoms with van der Waals surface area (Å²) in [6.07, 6.45) is 1.45. The highest BCUT2D eigenvalue weighted by molar-refractivity contribution is 6.32. The van der Waals surface area contributed by atoms with Crippen molar-refractivity contribution >= 4 is 40.6 Å². The van der Waals surface area contributed by atoms with Crippen molar-refractivity contribution in [3.8, 4) is 17.2 Å². The Kier molecular flexibility index (Phi) is 7.33. The van der Waals surface area contributed by atoms with E-state index in [0.717, 1.165) is 18.2 Å². The van der Waals surface area contributed by atoms with Crippen molar-refractivity contribution < 1.29 is 24.2 Å². The summed E-state index contributed by atoms with van der Waals surface area (Å²) in [7, 11) is 0. The smallest absolute Gasteiger partial charge is 0.318 e. The van der Waals surface area contributed by atoms with Crippen LogP contribution in [0.1, 0.15) is 12.5 Å². The highest BCUT2D eigenvalue weighted by atomic mass is 35.5. The largest absolute Gasteiger partial charge is 0.490 e. The molecule has 0 aliphatic heterocycles. The lowest BCUT2D eigenvalue weighted by molar-refractivity contribution is -0.394. The summed E-state index contributed by atoms with van der Waals surface area (Å²) in [5.74, 6) is -0.119. The minimum Gasteiger partial charge on any atom is -0.490 e. The molecule has 0 bridgehead atoms. The van der Waals surface area contributed by atoms with Gasteiger partial charge in [0, 0.05) is 24.4 Å². The Morgan fingerprint density at radius 2 is 1.53 bits per heavy atom. The minimum absolute atomic E-state index is 0.0204. The molecule has 0 spiro atoms. The SMILES string of the molecule is CCOc1cc(C=Nc2ccc([N+](=O)[O-])cc2)cc(Cl)c1Oc1ccc([N+](=O)[O-])cc1[N+](=O)[O-]. The fourth-order valence-corrected chi connectivity index (χ4v) is 3.05. The molecule has 0 radical (unpaired) electrons. The number of benzene rings is 3. The van der Waals surface area contributed by atoms with E-state index in [1.807, 2.05) is 0 Å². The van der Waals surface area contributed by atoms with E-state index < -0.39 is 26.1 Å². The van der Waals surface area contributed by atoms with Crippen molar-refractivity contribution in [1.82, 2.24) is 0 Å². The van der Waals surface area contributed by atoms with Crippen LogP contribution in [0.2, 0.25) is 5.02 Å². The predicted octanol–water partition coefficient (Wildman–Crippen LogP) is 6.01. The average Bonchev–Trinajstić information content (AvgIpc) is 2.80. The average molecular weight is 487 g/mol. The normalized spacial score (nSPS) is 10.8. The number of non-ortho nitro benzene ring substituents is 2. The van der Waals surface area contributed by atoms with E-state index in [-0.39, 0.29) is 34.6 Å². The van der Waals surface area contributed by atoms with Gasteiger partial charge < -0.3 is 9.47 Å². The monoisotopic (exact) mass is 486 g/mol. The highest BCUT2D eigenvalue weighted by Crippen LogP contribution is 2.42. The molecular formula is C21H15ClN4O8. The molecular weight excluding hydrogens is 472 g/mol. The zero-order valence-electron chi connectivity index (χ0n) is 17.4. The summed E-state index contributed by atoms with van der Waals surface area (Å²) in [4.78, 5) is 35.3. The van der Waals surface area contributed by atoms with Gasteiger partial charge >= 0.3 is 5.69 Å². The Labute approximate surface area is 196 Å². The molecule has 0 aliphatic rings. The van der Waals surface area contributed by atoms with Crippen molar-refractivity contribution in [3.63, 3.8) is 0 Å². The van der Waals surface area contributed by atoms with Crippen LogP contribution >= 0.6 is 11.6 Å². The zero-order valence-corrected chi connectivity index (χ0v) is 18.2. The molecule has 0 aliphatic carbocycles. The number of nitro groups is 3. The van der Waals surface area contributed by atoms with Gasteiger partial charge in [-0.25, -0.2) is 0 Å². The Morgan fingerprint density at radius 3 is 2.12 bits per heavy atom. The van der Waals surface area contributed by atoms with Crippen LogP contribution in [0.15, 0.2) is 59.6 Å². The van der Waals surface area contributed by atoms with E-state index >= 15 is 0 Å². The standard InChI is InChI=1S/C21H15ClN4O8/c1-2-33-20-10-13(12-23-14-3-5-15(6-4-14)24(27)28)9-17(22)21(20)34-19-8-7-16(25(29)30)11-18(19)26(31)32/h3-12H,2H2,1H3. The van der Waals surface area contributed by atoms with Gasteiger partial charge in [-0.2, -0.15) is 0 Å². The second-order valence-electron chi connectivity index (χ2n) is 6.56. The summed E-state index contributed by atoms with van der Waals surface area (Å²) < 4.78 is 11.2. The lowest BCUT2D eigenvalue weighted by Crippen LogP contribution is -2.00. The number of halogens is 1. The lowest BCUT2D eigenvalue weighted by Gasteiger charge is -2.14. The van der Waals surface area contributed by atoms with Crippen molar-refractivity contribution in [1.29, 1.82) is 0 Å². The fourth-order valence-electron chi connectivity index (χ4n) is 2.79. The summed E-state index contributed by atoms with van der Waals surface area (Å²) in [5, 5.41) is 33.1. The number of hydrogen-bond acceptors (Lipinski definition) is 9. The zero-order chi connectivity index (χ0) is 24.8. The number of aliphatic imine (C=N–C) groups is 1. The van der Waals surface area contributed by atoms with Gasteiger partial charge in [-0.15, -0.1) is 0 Å². The highest BCUT2D eigenvalue weighted by Gasteiger charge is 2.23. The van der Waals surface area contributed by atoms with Gasteiger partial charge in [-0.1, -0.05) is 11.6 Å². The van der Waals surface area contributed by atoms with Crippen LogP contribution in [-0.2, 0) is 0 Å². The van der Waals surface area contributed by atoms with Gasteiger partial charge in [0.2, 0.25) is 5.75 Å². The Morgan fingerprint density at radius 1 is 0.882 bits per heavy atom. The molecule has 0 unspecified atom stereocenters. The molecule has 3 aromatic rings. The number of hydrogen-bond donors (Lipinski definition) is 0. The van der Waals surface area contributed by atoms with Crippen molar-refractivity contribution in [2.45, 2.75) is 6.92 Å². The van der Waals surface area contributed by atoms with Crippen LogP contribution in [0.4, 0.5) is 22.7 Å². The third-order valence-corrected chi connectivity index (χ3v) is 4.60. The van der Waals surface area contributed by atoms with Gasteiger partial charge in [-0.3, -0.25) is 35.3 Å². The third kappa shape index (κ3) is 5.61. The van der Waals surface area contributed by atoms with Crippen LogP contribution < -0.4 is 9.47 Å². The molecule has 0 fully saturated rings. The quantitative estimate of drug-likeness (QED) is 0.202. The molecule has 0 saturated heterocycles. The van der Waals surface area contributed by atoms with Crippen molar-refractivity contribution in [2.75, 3.05) is 6.61 Å². The Bertz CT molecular complexity index is 1290. The van der Waals surface area contributed by atoms with E-state index in [4.69, 9.17) is 21.1 Å². The maximum Gasteiger partial charge on any atom is 0.318 e. The molecule has 0 atom stereocenters. The fraction of sp³-hybridized carbons (Fsp3) is 0.0952. The summed E-state index contributed by atoms with van der Waals surface area (Å²) in [6, 6.07) is 11.6. The molecule has 12 nitrogen and oxygen atoms in total. The number of rotatable bonds is 9. The summed E-state index contributed by atoms with van der Waals surface area (Å²) in [5.41, 5.74) is -0.189. The lowest BCUT2D eigenvalue weighted by atomic mass is 10.2. The maximum absolute atomic E-state index is 11.4. The second kappa shape index (κ2) is 10.4. The topological polar surface area (TPSA) is 160 Å². The molecule has 0 amide bonds. The first-order chi connectivity index (χ1) is 16.2. The molecule has 34 heavy (non-hydrogen) atoms. The molecule has 0 aromatic heterocycles. The van der Waals surface area contributed by atoms with E-state index in [1.54, 1.807) is 6.92 Å². The Hall–Kier alpha value is -4.58. The molecule has 0 saturated carbocycles. The van der Waals surface area contributed by atoms with Gasteiger partial charge in [0.25, 0.3) is 11.4 Å². The molecule has 13 heteroatoms. The summed E-state index contributed by atoms with van der Waals surface area (Å²) in [6.45, 7) is 1.93. The minimum atomic E-state index is -0.804. The van der Waals surface area contributed by atoms with Crippen LogP contribution in [0.3, 0.4) is 0 Å². The maximum atomic E-state index is 11.4. The van der Waals surface area contributed by atoms with Crippen molar-refractivity contribution in [3.05, 3.63) is 95.5 Å². The van der Waals surface area contributed by atoms with Gasteiger partial charge in [0.1, 0.15) is 0 Å². The molecule has 3 aromatic carbocycles. The predicted molar refractivity (Wildman–Crippen MR) is 123 cm³/mol. The second-order valence-corrected chi connectivity index (χ2v) is 6.97. The molecule has 0 heterocycles. The van der Waals surface area contributed by atoms with E-state index in [2.05, 4.69) is 4.99 Å². The first-order valence-electron chi connectivity index (χ1n) is 9.55. The van der Waals surface area contributed by atoms with Crippen molar-refractivity contribution in [2.24, 2.45) is 4.99 Å². The van der Waals surface area contributed by atoms with E-state index in [9.17, 15) is 30.3 Å². The van der Waals surface area contributed by atoms with Gasteiger partial charge in [0.05, 0.1) is 38.2 Å². The number of ether oxygens (including phenoxy) is 2. The Balaban J connectivity index is 1.95. The van der Waals surface area contributed by atoms with Crippen LogP contribution in [-0.4, -0.2) is 27.6 Å². The van der Waals surface area contributed by atoms with E-state index in [1.165, 1.54) is 42.6 Å². The number of nitrogens with zero attached hydrogens (tertiary/aromatic N) is 4. The van der Waals surface area contributed by atoms with Gasteiger partial charge in [0.15, 0.2) is 11.5 Å². The molecule has 0 N–H and O–H groups in total. The van der Waals surface area contributed by atoms with Gasteiger partial charge in [-0.05, 0) is 42.8 Å². The number of nitro benzene ring substituents is 3. The third-order valence-electron chi connectivity index (χ3n) is 4.32.